The molecule has 0 spiro atoms. The highest BCUT2D eigenvalue weighted by atomic mass is 32.2. The van der Waals surface area contributed by atoms with Gasteiger partial charge in [-0.05, 0) is 49.8 Å². The topological polar surface area (TPSA) is 125 Å². The number of nitrogens with two attached hydrogens (primary N) is 1. The monoisotopic (exact) mass is 645 g/mol. The molecule has 2 atom stereocenters. The molecule has 3 aromatic rings. The zero-order valence-corrected chi connectivity index (χ0v) is 28.8. The van der Waals surface area contributed by atoms with Crippen LogP contribution in [0.5, 0.6) is 0 Å². The predicted octanol–water partition coefficient (Wildman–Crippen LogP) is 6.42. The summed E-state index contributed by atoms with van der Waals surface area (Å²) in [6, 6.07) is 8.81. The van der Waals surface area contributed by atoms with Crippen LogP contribution in [0, 0.1) is 11.8 Å². The third-order valence-corrected chi connectivity index (χ3v) is 11.2. The Labute approximate surface area is 262 Å². The van der Waals surface area contributed by atoms with E-state index in [2.05, 4.69) is 70.7 Å². The Hall–Kier alpha value is -2.19. The van der Waals surface area contributed by atoms with Gasteiger partial charge in [0, 0.05) is 12.0 Å². The van der Waals surface area contributed by atoms with E-state index >= 15 is 0 Å². The molecule has 0 saturated heterocycles. The Morgan fingerprint density at radius 2 is 1.72 bits per heavy atom. The Kier molecular flexibility index (Phi) is 14.7. The van der Waals surface area contributed by atoms with E-state index in [-0.39, 0.29) is 19.1 Å². The summed E-state index contributed by atoms with van der Waals surface area (Å²) < 4.78 is 25.0. The predicted molar refractivity (Wildman–Crippen MR) is 181 cm³/mol. The van der Waals surface area contributed by atoms with Crippen LogP contribution in [-0.4, -0.2) is 63.1 Å². The maximum absolute atomic E-state index is 12.3. The van der Waals surface area contributed by atoms with Gasteiger partial charge in [0.25, 0.3) is 0 Å². The first-order valence-corrected chi connectivity index (χ1v) is 21.6. The van der Waals surface area contributed by atoms with Crippen molar-refractivity contribution in [1.82, 2.24) is 19.5 Å². The molecule has 0 amide bonds. The van der Waals surface area contributed by atoms with Gasteiger partial charge in [0.2, 0.25) is 0 Å². The van der Waals surface area contributed by atoms with E-state index in [1.165, 1.54) is 50.0 Å². The number of ether oxygens (including phenoxy) is 1. The van der Waals surface area contributed by atoms with Crippen molar-refractivity contribution in [2.24, 2.45) is 0 Å². The quantitative estimate of drug-likeness (QED) is 0.0657. The van der Waals surface area contributed by atoms with Crippen LogP contribution in [0.2, 0.25) is 19.6 Å². The fourth-order valence-corrected chi connectivity index (χ4v) is 7.47. The van der Waals surface area contributed by atoms with Crippen molar-refractivity contribution in [2.75, 3.05) is 30.2 Å². The van der Waals surface area contributed by atoms with Gasteiger partial charge in [-0.1, -0.05) is 74.5 Å². The van der Waals surface area contributed by atoms with Crippen molar-refractivity contribution >= 4 is 49.6 Å². The van der Waals surface area contributed by atoms with Crippen LogP contribution < -0.4 is 10.9 Å². The summed E-state index contributed by atoms with van der Waals surface area (Å²) in [6.45, 7) is 9.57. The van der Waals surface area contributed by atoms with Gasteiger partial charge in [0.1, 0.15) is 18.2 Å². The molecular weight excluding hydrogens is 597 g/mol. The summed E-state index contributed by atoms with van der Waals surface area (Å²) in [7, 11) is -5.05. The number of imidazole rings is 1. The van der Waals surface area contributed by atoms with Gasteiger partial charge in [-0.15, -0.1) is 0 Å². The lowest BCUT2D eigenvalue weighted by molar-refractivity contribution is 0.0718. The number of hydrogen-bond donors (Lipinski definition) is 2. The third-order valence-electron chi connectivity index (χ3n) is 6.96. The minimum absolute atomic E-state index is 0.244. The molecule has 3 rings (SSSR count). The van der Waals surface area contributed by atoms with E-state index in [1.807, 2.05) is 18.7 Å². The van der Waals surface area contributed by atoms with Crippen LogP contribution >= 0.6 is 19.4 Å². The van der Waals surface area contributed by atoms with Crippen LogP contribution in [0.25, 0.3) is 11.2 Å². The van der Waals surface area contributed by atoms with Crippen LogP contribution in [0.1, 0.15) is 63.9 Å². The molecule has 43 heavy (non-hydrogen) atoms. The molecule has 0 saturated carbocycles. The van der Waals surface area contributed by atoms with Crippen molar-refractivity contribution in [3.63, 3.8) is 0 Å². The lowest BCUT2D eigenvalue weighted by Crippen LogP contribution is -2.37. The Morgan fingerprint density at radius 1 is 1.02 bits per heavy atom. The van der Waals surface area contributed by atoms with Gasteiger partial charge in [-0.25, -0.2) is 15.0 Å². The van der Waals surface area contributed by atoms with Gasteiger partial charge < -0.3 is 24.5 Å². The summed E-state index contributed by atoms with van der Waals surface area (Å²) >= 11 is 1.87. The van der Waals surface area contributed by atoms with E-state index < -0.39 is 15.7 Å². The van der Waals surface area contributed by atoms with Crippen molar-refractivity contribution in [1.29, 1.82) is 0 Å². The fraction of sp³-hybridized carbons (Fsp3) is 0.581. The number of unbranched alkanes of at least 4 members (excludes halogenated alkanes) is 6. The summed E-state index contributed by atoms with van der Waals surface area (Å²) in [5.41, 5.74) is 8.06. The number of fused-ring (bicyclic) bond motifs is 1. The number of nitrogen functional groups attached to an aromatic ring is 1. The number of rotatable bonds is 19. The fourth-order valence-electron chi connectivity index (χ4n) is 4.43. The van der Waals surface area contributed by atoms with E-state index in [0.29, 0.717) is 23.5 Å². The van der Waals surface area contributed by atoms with Crippen molar-refractivity contribution in [2.45, 2.75) is 90.6 Å². The van der Waals surface area contributed by atoms with Crippen molar-refractivity contribution in [3.05, 3.63) is 42.5 Å². The molecule has 12 heteroatoms. The highest BCUT2D eigenvalue weighted by molar-refractivity contribution is 7.99. The first-order chi connectivity index (χ1) is 20.5. The number of nitrogens with zero attached hydrogens (tertiary/aromatic N) is 4. The molecule has 1 unspecified atom stereocenters. The zero-order chi connectivity index (χ0) is 31.1. The molecule has 9 nitrogen and oxygen atoms in total. The third kappa shape index (κ3) is 13.1. The lowest BCUT2D eigenvalue weighted by atomic mass is 10.1. The first-order valence-electron chi connectivity index (χ1n) is 15.2. The number of aromatic nitrogens is 4. The zero-order valence-electron chi connectivity index (χ0n) is 26.1. The van der Waals surface area contributed by atoms with Crippen LogP contribution in [-0.2, 0) is 20.4 Å². The average Bonchev–Trinajstić information content (AvgIpc) is 3.37. The molecule has 2 heterocycles. The first kappa shape index (κ1) is 35.3. The summed E-state index contributed by atoms with van der Waals surface area (Å²) in [4.78, 5) is 22.5. The van der Waals surface area contributed by atoms with Crippen LogP contribution in [0.3, 0.4) is 0 Å². The molecule has 0 aliphatic rings. The Bertz CT molecular complexity index is 1370. The Balaban J connectivity index is 1.13. The van der Waals surface area contributed by atoms with Crippen LogP contribution in [0.15, 0.2) is 36.9 Å². The minimum Gasteiger partial charge on any atom is -0.382 e. The van der Waals surface area contributed by atoms with Gasteiger partial charge in [0.05, 0.1) is 33.7 Å². The molecule has 1 aromatic carbocycles. The maximum Gasteiger partial charge on any atom is 0.353 e. The molecule has 2 aromatic heterocycles. The molecule has 0 fully saturated rings. The SMILES string of the molecule is C[C@H](Cn1cnc2c(N)ncnc21)OCP(=O)(O)OCCCSCCCCCCCCC#Cc1ccc([Si](C)(C)C)cc1. The molecule has 0 bridgehead atoms. The molecule has 0 radical (unpaired) electrons. The summed E-state index contributed by atoms with van der Waals surface area (Å²) in [5, 5.41) is 1.48. The van der Waals surface area contributed by atoms with Gasteiger partial charge in [-0.2, -0.15) is 11.8 Å². The second-order valence-corrected chi connectivity index (χ2v) is 20.0. The Morgan fingerprint density at radius 3 is 2.47 bits per heavy atom. The van der Waals surface area contributed by atoms with E-state index in [9.17, 15) is 9.46 Å². The largest absolute Gasteiger partial charge is 0.382 e. The second kappa shape index (κ2) is 17.9. The number of anilines is 1. The average molecular weight is 646 g/mol. The number of benzene rings is 1. The lowest BCUT2D eigenvalue weighted by Gasteiger charge is -2.17. The van der Waals surface area contributed by atoms with Gasteiger partial charge in [-0.3, -0.25) is 4.57 Å². The molecule has 0 aliphatic carbocycles. The molecular formula is C31H48N5O4PSSi. The van der Waals surface area contributed by atoms with Crippen molar-refractivity contribution in [3.8, 4) is 11.8 Å². The smallest absolute Gasteiger partial charge is 0.353 e. The molecule has 0 aliphatic heterocycles. The minimum atomic E-state index is -3.81. The van der Waals surface area contributed by atoms with E-state index in [0.717, 1.165) is 29.9 Å². The highest BCUT2D eigenvalue weighted by Gasteiger charge is 2.22. The van der Waals surface area contributed by atoms with Crippen LogP contribution in [0.4, 0.5) is 5.82 Å². The number of thioether (sulfide) groups is 1. The van der Waals surface area contributed by atoms with Crippen molar-refractivity contribution < 1.29 is 18.7 Å². The van der Waals surface area contributed by atoms with E-state index in [4.69, 9.17) is 15.0 Å². The van der Waals surface area contributed by atoms with Gasteiger partial charge >= 0.3 is 7.60 Å². The number of hydrogen-bond acceptors (Lipinski definition) is 8. The molecule has 3 N–H and O–H groups in total. The highest BCUT2D eigenvalue weighted by Crippen LogP contribution is 2.42. The van der Waals surface area contributed by atoms with Gasteiger partial charge in [0.15, 0.2) is 11.5 Å². The van der Waals surface area contributed by atoms with E-state index in [1.54, 1.807) is 10.9 Å². The second-order valence-electron chi connectivity index (χ2n) is 11.9. The maximum atomic E-state index is 12.3. The summed E-state index contributed by atoms with van der Waals surface area (Å²) in [6.07, 6.45) is 11.4. The summed E-state index contributed by atoms with van der Waals surface area (Å²) in [5.74, 6) is 8.97. The molecule has 236 valence electrons. The normalized spacial score (nSPS) is 13.9. The standard InChI is InChI=1S/C31H48N5O4PSSi/c1-26(22-36-24-35-29-30(32)33-23-34-31(29)36)39-25-41(37,38)40-19-13-21-42-20-12-10-8-6-5-7-9-11-14-27-15-17-28(18-16-27)43(2,3)4/h15-18,23-24,26H,5-10,12-13,19-22,25H2,1-4H3,(H,37,38)(H2,32,33,34)/t26-/m1/s1.